The first kappa shape index (κ1) is 15.1. The van der Waals surface area contributed by atoms with Gasteiger partial charge >= 0.3 is 5.69 Å². The van der Waals surface area contributed by atoms with Gasteiger partial charge in [-0.3, -0.25) is 10.1 Å². The van der Waals surface area contributed by atoms with Gasteiger partial charge in [-0.2, -0.15) is 0 Å². The molecule has 2 heterocycles. The average Bonchev–Trinajstić information content (AvgIpc) is 2.40. The molecule has 0 aromatic carbocycles. The first-order chi connectivity index (χ1) is 9.97. The molecule has 0 unspecified atom stereocenters. The summed E-state index contributed by atoms with van der Waals surface area (Å²) in [5, 5.41) is 17.0. The van der Waals surface area contributed by atoms with Gasteiger partial charge in [0.2, 0.25) is 11.6 Å². The Labute approximate surface area is 129 Å². The molecule has 2 rings (SSSR count). The predicted octanol–water partition coefficient (Wildman–Crippen LogP) is 3.11. The molecular weight excluding hydrogens is 340 g/mol. The third-order valence-electron chi connectivity index (χ3n) is 2.40. The van der Waals surface area contributed by atoms with E-state index in [9.17, 15) is 10.1 Å². The van der Waals surface area contributed by atoms with Crippen LogP contribution in [0.1, 0.15) is 13.8 Å². The maximum atomic E-state index is 11.3. The Morgan fingerprint density at radius 2 is 1.95 bits per heavy atom. The summed E-state index contributed by atoms with van der Waals surface area (Å²) in [6.45, 7) is 3.74. The van der Waals surface area contributed by atoms with Gasteiger partial charge in [0.15, 0.2) is 0 Å². The Hall–Kier alpha value is -2.29. The number of aromatic nitrogens is 3. The minimum Gasteiger partial charge on any atom is -0.362 e. The van der Waals surface area contributed by atoms with Crippen LogP contribution in [0.3, 0.4) is 0 Å². The second kappa shape index (κ2) is 6.44. The van der Waals surface area contributed by atoms with Crippen molar-refractivity contribution in [2.24, 2.45) is 0 Å². The van der Waals surface area contributed by atoms with E-state index in [1.807, 2.05) is 13.8 Å². The Kier molecular flexibility index (Phi) is 4.63. The summed E-state index contributed by atoms with van der Waals surface area (Å²) in [5.74, 6) is 0.716. The highest BCUT2D eigenvalue weighted by molar-refractivity contribution is 9.10. The van der Waals surface area contributed by atoms with Crippen molar-refractivity contribution in [3.63, 3.8) is 0 Å². The molecule has 8 nitrogen and oxygen atoms in total. The summed E-state index contributed by atoms with van der Waals surface area (Å²) in [6.07, 6.45) is 2.85. The highest BCUT2D eigenvalue weighted by atomic mass is 79.9. The Morgan fingerprint density at radius 3 is 2.52 bits per heavy atom. The van der Waals surface area contributed by atoms with E-state index in [0.717, 1.165) is 4.47 Å². The average molecular weight is 353 g/mol. The highest BCUT2D eigenvalue weighted by Crippen LogP contribution is 2.31. The summed E-state index contributed by atoms with van der Waals surface area (Å²) in [7, 11) is 0. The fourth-order valence-electron chi connectivity index (χ4n) is 1.59. The number of hydrogen-bond acceptors (Lipinski definition) is 7. The highest BCUT2D eigenvalue weighted by Gasteiger charge is 2.23. The molecule has 0 aliphatic heterocycles. The minimum atomic E-state index is -0.522. The zero-order chi connectivity index (χ0) is 15.4. The van der Waals surface area contributed by atoms with Crippen LogP contribution >= 0.6 is 15.9 Å². The third kappa shape index (κ3) is 3.85. The van der Waals surface area contributed by atoms with Gasteiger partial charge in [0, 0.05) is 16.7 Å². The predicted molar refractivity (Wildman–Crippen MR) is 82.7 cm³/mol. The van der Waals surface area contributed by atoms with Crippen molar-refractivity contribution in [1.29, 1.82) is 0 Å². The zero-order valence-corrected chi connectivity index (χ0v) is 13.0. The van der Waals surface area contributed by atoms with Crippen molar-refractivity contribution in [1.82, 2.24) is 15.0 Å². The van der Waals surface area contributed by atoms with Gasteiger partial charge in [0.25, 0.3) is 0 Å². The van der Waals surface area contributed by atoms with Crippen LogP contribution in [-0.4, -0.2) is 25.9 Å². The smallest absolute Gasteiger partial charge is 0.353 e. The van der Waals surface area contributed by atoms with E-state index in [1.54, 1.807) is 18.3 Å². The van der Waals surface area contributed by atoms with Crippen LogP contribution in [0.4, 0.5) is 23.1 Å². The van der Waals surface area contributed by atoms with E-state index < -0.39 is 4.92 Å². The molecule has 110 valence electrons. The first-order valence-corrected chi connectivity index (χ1v) is 6.91. The number of pyridine rings is 1. The van der Waals surface area contributed by atoms with E-state index in [0.29, 0.717) is 5.82 Å². The van der Waals surface area contributed by atoms with Crippen LogP contribution in [0, 0.1) is 10.1 Å². The molecule has 2 N–H and O–H groups in total. The fourth-order valence-corrected chi connectivity index (χ4v) is 1.83. The largest absolute Gasteiger partial charge is 0.362 e. The van der Waals surface area contributed by atoms with Gasteiger partial charge in [0.05, 0.1) is 4.92 Å². The van der Waals surface area contributed by atoms with Crippen LogP contribution in [-0.2, 0) is 0 Å². The SMILES string of the molecule is CC(C)Nc1ncnc(Nc2ccc(Br)cn2)c1[N+](=O)[O-]. The molecule has 0 atom stereocenters. The van der Waals surface area contributed by atoms with Crippen LogP contribution in [0.2, 0.25) is 0 Å². The zero-order valence-electron chi connectivity index (χ0n) is 11.4. The van der Waals surface area contributed by atoms with Gasteiger partial charge in [-0.05, 0) is 41.9 Å². The number of halogens is 1. The molecule has 2 aromatic rings. The van der Waals surface area contributed by atoms with Crippen molar-refractivity contribution in [3.05, 3.63) is 39.2 Å². The lowest BCUT2D eigenvalue weighted by molar-refractivity contribution is -0.383. The molecule has 9 heteroatoms. The van der Waals surface area contributed by atoms with Crippen LogP contribution in [0.5, 0.6) is 0 Å². The normalized spacial score (nSPS) is 10.5. The van der Waals surface area contributed by atoms with Crippen molar-refractivity contribution in [2.45, 2.75) is 19.9 Å². The number of nitro groups is 1. The van der Waals surface area contributed by atoms with Gasteiger partial charge in [-0.25, -0.2) is 15.0 Å². The summed E-state index contributed by atoms with van der Waals surface area (Å²) in [4.78, 5) is 22.7. The molecule has 0 fully saturated rings. The van der Waals surface area contributed by atoms with Crippen molar-refractivity contribution in [3.8, 4) is 0 Å². The number of nitrogens with zero attached hydrogens (tertiary/aromatic N) is 4. The van der Waals surface area contributed by atoms with E-state index in [-0.39, 0.29) is 23.4 Å². The fraction of sp³-hybridized carbons (Fsp3) is 0.250. The molecule has 0 saturated carbocycles. The lowest BCUT2D eigenvalue weighted by Gasteiger charge is -2.11. The number of nitrogens with one attached hydrogen (secondary N) is 2. The second-order valence-corrected chi connectivity index (χ2v) is 5.38. The topological polar surface area (TPSA) is 106 Å². The van der Waals surface area contributed by atoms with E-state index >= 15 is 0 Å². The lowest BCUT2D eigenvalue weighted by atomic mass is 10.3. The van der Waals surface area contributed by atoms with E-state index in [2.05, 4.69) is 41.5 Å². The van der Waals surface area contributed by atoms with Gasteiger partial charge in [-0.1, -0.05) is 0 Å². The Morgan fingerprint density at radius 1 is 1.24 bits per heavy atom. The number of rotatable bonds is 5. The Bertz CT molecular complexity index is 647. The first-order valence-electron chi connectivity index (χ1n) is 6.12. The standard InChI is InChI=1S/C12H13BrN6O2/c1-7(2)17-11-10(19(20)21)12(16-6-15-11)18-9-4-3-8(13)5-14-9/h3-7H,1-2H3,(H2,14,15,16,17,18). The van der Waals surface area contributed by atoms with E-state index in [4.69, 9.17) is 0 Å². The second-order valence-electron chi connectivity index (χ2n) is 4.46. The van der Waals surface area contributed by atoms with Crippen molar-refractivity contribution in [2.75, 3.05) is 10.6 Å². The maximum Gasteiger partial charge on any atom is 0.353 e. The molecule has 21 heavy (non-hydrogen) atoms. The molecule has 0 amide bonds. The molecule has 0 spiro atoms. The van der Waals surface area contributed by atoms with Crippen LogP contribution < -0.4 is 10.6 Å². The quantitative estimate of drug-likeness (QED) is 0.628. The molecule has 2 aromatic heterocycles. The van der Waals surface area contributed by atoms with Gasteiger partial charge in [0.1, 0.15) is 12.1 Å². The molecule has 0 saturated heterocycles. The molecule has 0 aliphatic carbocycles. The summed E-state index contributed by atoms with van der Waals surface area (Å²) < 4.78 is 0.812. The van der Waals surface area contributed by atoms with Crippen molar-refractivity contribution >= 4 is 39.1 Å². The van der Waals surface area contributed by atoms with Crippen LogP contribution in [0.25, 0.3) is 0 Å². The van der Waals surface area contributed by atoms with E-state index in [1.165, 1.54) is 6.33 Å². The number of anilines is 3. The molecule has 0 aliphatic rings. The lowest BCUT2D eigenvalue weighted by Crippen LogP contribution is -2.14. The molecule has 0 radical (unpaired) electrons. The summed E-state index contributed by atoms with van der Waals surface area (Å²) in [5.41, 5.74) is -0.212. The maximum absolute atomic E-state index is 11.3. The van der Waals surface area contributed by atoms with Crippen molar-refractivity contribution < 1.29 is 4.92 Å². The molecular formula is C12H13BrN6O2. The van der Waals surface area contributed by atoms with Crippen LogP contribution in [0.15, 0.2) is 29.1 Å². The monoisotopic (exact) mass is 352 g/mol. The summed E-state index contributed by atoms with van der Waals surface area (Å²) >= 11 is 3.27. The van der Waals surface area contributed by atoms with Gasteiger partial charge in [-0.15, -0.1) is 0 Å². The number of hydrogen-bond donors (Lipinski definition) is 2. The Balaban J connectivity index is 2.38. The summed E-state index contributed by atoms with van der Waals surface area (Å²) in [6, 6.07) is 3.47. The molecule has 0 bridgehead atoms. The third-order valence-corrected chi connectivity index (χ3v) is 2.87. The minimum absolute atomic E-state index is 0.0113. The van der Waals surface area contributed by atoms with Gasteiger partial charge < -0.3 is 10.6 Å².